The molecule has 134 valence electrons. The van der Waals surface area contributed by atoms with Gasteiger partial charge in [0.05, 0.1) is 0 Å². The highest BCUT2D eigenvalue weighted by Gasteiger charge is 2.31. The first-order valence-corrected chi connectivity index (χ1v) is 10.8. The van der Waals surface area contributed by atoms with Crippen molar-refractivity contribution in [2.45, 2.75) is 17.7 Å². The van der Waals surface area contributed by atoms with Crippen molar-refractivity contribution in [2.75, 3.05) is 18.4 Å². The number of thiophene rings is 1. The molecule has 1 N–H and O–H groups in total. The summed E-state index contributed by atoms with van der Waals surface area (Å²) in [6.07, 6.45) is 1.72. The molecule has 1 aliphatic heterocycles. The minimum atomic E-state index is -3.62. The van der Waals surface area contributed by atoms with Crippen molar-refractivity contribution in [3.63, 3.8) is 0 Å². The lowest BCUT2D eigenvalue weighted by Crippen LogP contribution is -2.29. The summed E-state index contributed by atoms with van der Waals surface area (Å²) >= 11 is 1.15. The molecule has 7 heteroatoms. The summed E-state index contributed by atoms with van der Waals surface area (Å²) in [5, 5.41) is 6.47. The van der Waals surface area contributed by atoms with Crippen molar-refractivity contribution in [2.24, 2.45) is 0 Å². The molecule has 3 aromatic rings. The molecule has 26 heavy (non-hydrogen) atoms. The molecule has 1 aromatic heterocycles. The monoisotopic (exact) mass is 386 g/mol. The van der Waals surface area contributed by atoms with Gasteiger partial charge in [-0.25, -0.2) is 8.42 Å². The average molecular weight is 386 g/mol. The number of carbonyl (C=O) groups excluding carboxylic acids is 1. The minimum Gasteiger partial charge on any atom is -0.321 e. The number of hydrogen-bond donors (Lipinski definition) is 1. The van der Waals surface area contributed by atoms with E-state index in [9.17, 15) is 13.2 Å². The molecule has 1 amide bonds. The molecule has 4 rings (SSSR count). The topological polar surface area (TPSA) is 66.5 Å². The lowest BCUT2D eigenvalue weighted by Gasteiger charge is -2.16. The number of sulfonamides is 1. The third-order valence-corrected chi connectivity index (χ3v) is 7.54. The van der Waals surface area contributed by atoms with Crippen LogP contribution in [0.4, 0.5) is 5.69 Å². The molecule has 0 bridgehead atoms. The van der Waals surface area contributed by atoms with Gasteiger partial charge in [-0.2, -0.15) is 4.31 Å². The van der Waals surface area contributed by atoms with E-state index in [-0.39, 0.29) is 9.77 Å². The standard InChI is InChI=1S/C19H18N2O3S2/c22-19(20-16-9-5-7-14-6-1-2-8-15(14)16)18-17(10-13-25-18)26(23,24)21-11-3-4-12-21/h1-2,5-10,13H,3-4,11-12H2,(H,20,22). The van der Waals surface area contributed by atoms with Crippen LogP contribution in [0, 0.1) is 0 Å². The van der Waals surface area contributed by atoms with Crippen LogP contribution in [0.2, 0.25) is 0 Å². The SMILES string of the molecule is O=C(Nc1cccc2ccccc12)c1sccc1S(=O)(=O)N1CCCC1. The molecule has 1 fully saturated rings. The van der Waals surface area contributed by atoms with Crippen LogP contribution in [0.25, 0.3) is 10.8 Å². The molecule has 0 radical (unpaired) electrons. The molecule has 5 nitrogen and oxygen atoms in total. The number of hydrogen-bond acceptors (Lipinski definition) is 4. The Morgan fingerprint density at radius 1 is 1.00 bits per heavy atom. The maximum Gasteiger partial charge on any atom is 0.267 e. The number of anilines is 1. The smallest absolute Gasteiger partial charge is 0.267 e. The quantitative estimate of drug-likeness (QED) is 0.739. The summed E-state index contributed by atoms with van der Waals surface area (Å²) in [7, 11) is -3.62. The number of rotatable bonds is 4. The molecule has 0 atom stereocenters. The molecule has 0 aliphatic carbocycles. The first-order chi connectivity index (χ1) is 12.6. The van der Waals surface area contributed by atoms with E-state index >= 15 is 0 Å². The second-order valence-electron chi connectivity index (χ2n) is 6.21. The van der Waals surface area contributed by atoms with Crippen molar-refractivity contribution in [3.8, 4) is 0 Å². The first kappa shape index (κ1) is 17.2. The van der Waals surface area contributed by atoms with Crippen molar-refractivity contribution in [3.05, 3.63) is 58.8 Å². The molecule has 0 spiro atoms. The van der Waals surface area contributed by atoms with Gasteiger partial charge in [0, 0.05) is 24.2 Å². The Morgan fingerprint density at radius 2 is 1.73 bits per heavy atom. The van der Waals surface area contributed by atoms with Crippen LogP contribution in [0.3, 0.4) is 0 Å². The Bertz CT molecular complexity index is 1060. The highest BCUT2D eigenvalue weighted by Crippen LogP contribution is 2.29. The third kappa shape index (κ3) is 3.02. The van der Waals surface area contributed by atoms with Crippen molar-refractivity contribution >= 4 is 43.7 Å². The number of carbonyl (C=O) groups is 1. The van der Waals surface area contributed by atoms with Gasteiger partial charge in [-0.3, -0.25) is 4.79 Å². The summed E-state index contributed by atoms with van der Waals surface area (Å²) in [5.74, 6) is -0.394. The van der Waals surface area contributed by atoms with Crippen LogP contribution < -0.4 is 5.32 Å². The van der Waals surface area contributed by atoms with Crippen LogP contribution in [-0.2, 0) is 10.0 Å². The van der Waals surface area contributed by atoms with E-state index < -0.39 is 15.9 Å². The van der Waals surface area contributed by atoms with Gasteiger partial charge >= 0.3 is 0 Å². The third-order valence-electron chi connectivity index (χ3n) is 4.56. The Morgan fingerprint density at radius 3 is 2.54 bits per heavy atom. The van der Waals surface area contributed by atoms with Crippen LogP contribution in [0.1, 0.15) is 22.5 Å². The Hall–Kier alpha value is -2.22. The van der Waals surface area contributed by atoms with E-state index in [0.717, 1.165) is 35.0 Å². The molecular formula is C19H18N2O3S2. The molecular weight excluding hydrogens is 368 g/mol. The fraction of sp³-hybridized carbons (Fsp3) is 0.211. The second kappa shape index (κ2) is 6.83. The van der Waals surface area contributed by atoms with Gasteiger partial charge < -0.3 is 5.32 Å². The van der Waals surface area contributed by atoms with E-state index in [2.05, 4.69) is 5.32 Å². The van der Waals surface area contributed by atoms with E-state index in [1.54, 1.807) is 5.38 Å². The average Bonchev–Trinajstić information content (AvgIpc) is 3.34. The maximum atomic E-state index is 12.8. The summed E-state index contributed by atoms with van der Waals surface area (Å²) in [6.45, 7) is 1.03. The maximum absolute atomic E-state index is 12.8. The highest BCUT2D eigenvalue weighted by atomic mass is 32.2. The summed E-state index contributed by atoms with van der Waals surface area (Å²) in [5.41, 5.74) is 0.672. The van der Waals surface area contributed by atoms with Crippen molar-refractivity contribution in [1.82, 2.24) is 4.31 Å². The number of nitrogens with one attached hydrogen (secondary N) is 1. The highest BCUT2D eigenvalue weighted by molar-refractivity contribution is 7.89. The zero-order chi connectivity index (χ0) is 18.1. The van der Waals surface area contributed by atoms with E-state index in [0.29, 0.717) is 18.8 Å². The fourth-order valence-electron chi connectivity index (χ4n) is 3.25. The van der Waals surface area contributed by atoms with Crippen molar-refractivity contribution < 1.29 is 13.2 Å². The summed E-state index contributed by atoms with van der Waals surface area (Å²) in [4.78, 5) is 13.1. The molecule has 1 saturated heterocycles. The van der Waals surface area contributed by atoms with Gasteiger partial charge in [-0.1, -0.05) is 36.4 Å². The van der Waals surface area contributed by atoms with Gasteiger partial charge in [-0.15, -0.1) is 11.3 Å². The Labute approximate surface area is 156 Å². The largest absolute Gasteiger partial charge is 0.321 e. The normalized spacial score (nSPS) is 15.4. The predicted molar refractivity (Wildman–Crippen MR) is 104 cm³/mol. The summed E-state index contributed by atoms with van der Waals surface area (Å²) < 4.78 is 27.1. The minimum absolute atomic E-state index is 0.0992. The second-order valence-corrected chi connectivity index (χ2v) is 9.03. The lowest BCUT2D eigenvalue weighted by atomic mass is 10.1. The number of benzene rings is 2. The number of nitrogens with zero attached hydrogens (tertiary/aromatic N) is 1. The summed E-state index contributed by atoms with van der Waals surface area (Å²) in [6, 6.07) is 14.9. The van der Waals surface area contributed by atoms with Gasteiger partial charge in [0.1, 0.15) is 9.77 Å². The molecule has 1 aliphatic rings. The number of fused-ring (bicyclic) bond motifs is 1. The predicted octanol–water partition coefficient (Wildman–Crippen LogP) is 3.94. The van der Waals surface area contributed by atoms with Crippen LogP contribution in [0.5, 0.6) is 0 Å². The van der Waals surface area contributed by atoms with Gasteiger partial charge in [-0.05, 0) is 35.7 Å². The Balaban J connectivity index is 1.67. The van der Waals surface area contributed by atoms with E-state index in [1.807, 2.05) is 42.5 Å². The van der Waals surface area contributed by atoms with Crippen LogP contribution in [0.15, 0.2) is 58.8 Å². The van der Waals surface area contributed by atoms with Gasteiger partial charge in [0.15, 0.2) is 0 Å². The van der Waals surface area contributed by atoms with Crippen LogP contribution >= 0.6 is 11.3 Å². The molecule has 2 heterocycles. The molecule has 2 aromatic carbocycles. The number of amides is 1. The van der Waals surface area contributed by atoms with E-state index in [1.165, 1.54) is 10.4 Å². The molecule has 0 unspecified atom stereocenters. The van der Waals surface area contributed by atoms with Gasteiger partial charge in [0.2, 0.25) is 10.0 Å². The molecule has 0 saturated carbocycles. The zero-order valence-corrected chi connectivity index (χ0v) is 15.6. The first-order valence-electron chi connectivity index (χ1n) is 8.44. The zero-order valence-electron chi connectivity index (χ0n) is 14.0. The lowest BCUT2D eigenvalue weighted by molar-refractivity contribution is 0.102. The van der Waals surface area contributed by atoms with Crippen molar-refractivity contribution in [1.29, 1.82) is 0 Å². The van der Waals surface area contributed by atoms with E-state index in [4.69, 9.17) is 0 Å². The van der Waals surface area contributed by atoms with Gasteiger partial charge in [0.25, 0.3) is 5.91 Å². The fourth-order valence-corrected chi connectivity index (χ4v) is 6.06. The Kier molecular flexibility index (Phi) is 4.52. The van der Waals surface area contributed by atoms with Crippen LogP contribution in [-0.4, -0.2) is 31.7 Å².